The number of imidazole rings is 1. The van der Waals surface area contributed by atoms with E-state index in [1.807, 2.05) is 29.0 Å². The van der Waals surface area contributed by atoms with Gasteiger partial charge in [-0.1, -0.05) is 58.4 Å². The second kappa shape index (κ2) is 7.25. The molecule has 2 atom stereocenters. The number of fused-ring (bicyclic) bond motifs is 3. The van der Waals surface area contributed by atoms with Crippen molar-refractivity contribution in [1.29, 1.82) is 0 Å². The third-order valence-corrected chi connectivity index (χ3v) is 6.56. The highest BCUT2D eigenvalue weighted by atomic mass is 79.9. The van der Waals surface area contributed by atoms with Crippen LogP contribution in [0.2, 0.25) is 0 Å². The molecule has 3 heterocycles. The molecule has 2 aromatic heterocycles. The van der Waals surface area contributed by atoms with E-state index < -0.39 is 5.43 Å². The first-order chi connectivity index (χ1) is 14.5. The molecular weight excluding hydrogens is 444 g/mol. The van der Waals surface area contributed by atoms with Gasteiger partial charge >= 0.3 is 0 Å². The van der Waals surface area contributed by atoms with E-state index in [1.54, 1.807) is 10.9 Å². The topological polar surface area (TPSA) is 72.9 Å². The van der Waals surface area contributed by atoms with Crippen LogP contribution < -0.4 is 5.43 Å². The van der Waals surface area contributed by atoms with Crippen molar-refractivity contribution in [3.05, 3.63) is 98.5 Å². The molecular formula is C23H19BrN4O2. The quantitative estimate of drug-likeness (QED) is 0.493. The normalized spacial score (nSPS) is 16.0. The smallest absolute Gasteiger partial charge is 0.242 e. The predicted octanol–water partition coefficient (Wildman–Crippen LogP) is 4.27. The van der Waals surface area contributed by atoms with E-state index >= 15 is 0 Å². The number of halogens is 1. The summed E-state index contributed by atoms with van der Waals surface area (Å²) in [6.07, 6.45) is 4.73. The van der Waals surface area contributed by atoms with Crippen molar-refractivity contribution in [2.45, 2.75) is 25.4 Å². The SMILES string of the molecule is Cc1ccc([C@@H](c2ccccc2)[C@H]2Cn3ccnc3-c3c(O)c(=O)cnn32)cc1Br. The maximum Gasteiger partial charge on any atom is 0.242 e. The molecule has 1 aliphatic heterocycles. The summed E-state index contributed by atoms with van der Waals surface area (Å²) < 4.78 is 4.76. The summed E-state index contributed by atoms with van der Waals surface area (Å²) in [6.45, 7) is 2.67. The lowest BCUT2D eigenvalue weighted by atomic mass is 9.84. The van der Waals surface area contributed by atoms with Crippen LogP contribution in [-0.2, 0) is 6.54 Å². The number of nitrogens with zero attached hydrogens (tertiary/aromatic N) is 4. The molecule has 0 radical (unpaired) electrons. The molecule has 4 aromatic rings. The fourth-order valence-electron chi connectivity index (χ4n) is 4.22. The Balaban J connectivity index is 1.76. The molecule has 30 heavy (non-hydrogen) atoms. The third-order valence-electron chi connectivity index (χ3n) is 5.71. The van der Waals surface area contributed by atoms with Gasteiger partial charge in [0.25, 0.3) is 0 Å². The maximum atomic E-state index is 12.2. The molecule has 0 bridgehead atoms. The molecule has 0 saturated carbocycles. The van der Waals surface area contributed by atoms with Gasteiger partial charge in [0.2, 0.25) is 5.43 Å². The average molecular weight is 463 g/mol. The van der Waals surface area contributed by atoms with Gasteiger partial charge in [0.15, 0.2) is 11.6 Å². The Hall–Kier alpha value is -3.19. The molecule has 7 heteroatoms. The molecule has 2 aromatic carbocycles. The Morgan fingerprint density at radius 2 is 1.97 bits per heavy atom. The highest BCUT2D eigenvalue weighted by molar-refractivity contribution is 9.10. The van der Waals surface area contributed by atoms with Gasteiger partial charge in [0.05, 0.1) is 12.2 Å². The van der Waals surface area contributed by atoms with Crippen LogP contribution >= 0.6 is 15.9 Å². The molecule has 0 amide bonds. The van der Waals surface area contributed by atoms with E-state index in [2.05, 4.69) is 63.3 Å². The Labute approximate surface area is 181 Å². The second-order valence-corrected chi connectivity index (χ2v) is 8.37. The first-order valence-electron chi connectivity index (χ1n) is 9.68. The van der Waals surface area contributed by atoms with Gasteiger partial charge in [-0.3, -0.25) is 9.48 Å². The highest BCUT2D eigenvalue weighted by Crippen LogP contribution is 2.42. The zero-order chi connectivity index (χ0) is 20.8. The summed E-state index contributed by atoms with van der Waals surface area (Å²) in [5.74, 6) is 0.177. The molecule has 1 N–H and O–H groups in total. The summed E-state index contributed by atoms with van der Waals surface area (Å²) in [4.78, 5) is 16.5. The number of aromatic hydroxyl groups is 1. The van der Waals surface area contributed by atoms with Crippen LogP contribution in [0.15, 0.2) is 76.4 Å². The number of aryl methyl sites for hydroxylation is 1. The lowest BCUT2D eigenvalue weighted by molar-refractivity contribution is 0.331. The van der Waals surface area contributed by atoms with E-state index in [9.17, 15) is 9.90 Å². The van der Waals surface area contributed by atoms with Gasteiger partial charge in [-0.25, -0.2) is 4.98 Å². The van der Waals surface area contributed by atoms with Crippen LogP contribution in [0.5, 0.6) is 5.75 Å². The lowest BCUT2D eigenvalue weighted by Gasteiger charge is -2.34. The number of benzene rings is 2. The van der Waals surface area contributed by atoms with Crippen molar-refractivity contribution < 1.29 is 5.11 Å². The minimum Gasteiger partial charge on any atom is -0.503 e. The number of hydrogen-bond donors (Lipinski definition) is 1. The van der Waals surface area contributed by atoms with Crippen molar-refractivity contribution >= 4 is 15.9 Å². The average Bonchev–Trinajstić information content (AvgIpc) is 3.22. The molecule has 0 unspecified atom stereocenters. The Morgan fingerprint density at radius 3 is 2.73 bits per heavy atom. The lowest BCUT2D eigenvalue weighted by Crippen LogP contribution is -2.32. The van der Waals surface area contributed by atoms with Crippen LogP contribution in [0.3, 0.4) is 0 Å². The molecule has 1 aliphatic rings. The fourth-order valence-corrected chi connectivity index (χ4v) is 4.61. The molecule has 0 saturated heterocycles. The van der Waals surface area contributed by atoms with Crippen LogP contribution in [0.4, 0.5) is 0 Å². The fraction of sp³-hybridized carbons (Fsp3) is 0.174. The second-order valence-electron chi connectivity index (χ2n) is 7.52. The van der Waals surface area contributed by atoms with Crippen molar-refractivity contribution in [3.8, 4) is 17.3 Å². The van der Waals surface area contributed by atoms with Gasteiger partial charge in [-0.2, -0.15) is 5.10 Å². The minimum atomic E-state index is -0.509. The van der Waals surface area contributed by atoms with Crippen LogP contribution in [0.25, 0.3) is 11.5 Å². The Kier molecular flexibility index (Phi) is 4.55. The van der Waals surface area contributed by atoms with E-state index in [-0.39, 0.29) is 17.7 Å². The van der Waals surface area contributed by atoms with Gasteiger partial charge in [0.1, 0.15) is 5.69 Å². The largest absolute Gasteiger partial charge is 0.503 e. The van der Waals surface area contributed by atoms with E-state index in [4.69, 9.17) is 0 Å². The summed E-state index contributed by atoms with van der Waals surface area (Å²) in [5, 5.41) is 15.0. The van der Waals surface area contributed by atoms with Crippen LogP contribution in [0.1, 0.15) is 28.7 Å². The minimum absolute atomic E-state index is 0.0493. The predicted molar refractivity (Wildman–Crippen MR) is 118 cm³/mol. The van der Waals surface area contributed by atoms with Crippen LogP contribution in [-0.4, -0.2) is 24.4 Å². The maximum absolute atomic E-state index is 12.2. The van der Waals surface area contributed by atoms with Gasteiger partial charge < -0.3 is 9.67 Å². The summed E-state index contributed by atoms with van der Waals surface area (Å²) in [7, 11) is 0. The molecule has 5 rings (SSSR count). The molecule has 150 valence electrons. The number of hydrogen-bond acceptors (Lipinski definition) is 4. The molecule has 0 fully saturated rings. The standard InChI is InChI=1S/C23H19BrN4O2/c1-14-7-8-16(11-17(14)24)20(15-5-3-2-4-6-15)18-13-27-10-9-25-23(27)21-22(30)19(29)12-26-28(18)21/h2-12,18,20,30H,13H2,1H3/t18-,20-/m1/s1. The van der Waals surface area contributed by atoms with Gasteiger partial charge in [-0.15, -0.1) is 0 Å². The number of rotatable bonds is 3. The molecule has 0 aliphatic carbocycles. The third kappa shape index (κ3) is 2.97. The van der Waals surface area contributed by atoms with Crippen LogP contribution in [0, 0.1) is 6.92 Å². The van der Waals surface area contributed by atoms with E-state index in [1.165, 1.54) is 6.20 Å². The molecule has 0 spiro atoms. The Morgan fingerprint density at radius 1 is 1.17 bits per heavy atom. The summed E-state index contributed by atoms with van der Waals surface area (Å²) in [6, 6.07) is 16.4. The zero-order valence-corrected chi connectivity index (χ0v) is 17.8. The summed E-state index contributed by atoms with van der Waals surface area (Å²) >= 11 is 3.66. The van der Waals surface area contributed by atoms with E-state index in [0.29, 0.717) is 18.1 Å². The first kappa shape index (κ1) is 18.8. The zero-order valence-electron chi connectivity index (χ0n) is 16.2. The van der Waals surface area contributed by atoms with Gasteiger partial charge in [0, 0.05) is 29.3 Å². The summed E-state index contributed by atoms with van der Waals surface area (Å²) in [5.41, 5.74) is 3.26. The van der Waals surface area contributed by atoms with Crippen molar-refractivity contribution in [2.75, 3.05) is 0 Å². The Bertz CT molecular complexity index is 1300. The highest BCUT2D eigenvalue weighted by Gasteiger charge is 2.35. The monoisotopic (exact) mass is 462 g/mol. The van der Waals surface area contributed by atoms with E-state index in [0.717, 1.165) is 21.2 Å². The number of aromatic nitrogens is 4. The van der Waals surface area contributed by atoms with Crippen molar-refractivity contribution in [3.63, 3.8) is 0 Å². The molecule has 6 nitrogen and oxygen atoms in total. The van der Waals surface area contributed by atoms with Gasteiger partial charge in [-0.05, 0) is 29.7 Å². The van der Waals surface area contributed by atoms with Crippen molar-refractivity contribution in [2.24, 2.45) is 0 Å². The van der Waals surface area contributed by atoms with Crippen molar-refractivity contribution in [1.82, 2.24) is 19.3 Å². The first-order valence-corrected chi connectivity index (χ1v) is 10.5.